The van der Waals surface area contributed by atoms with Gasteiger partial charge in [0.2, 0.25) is 5.91 Å². The molecule has 0 saturated carbocycles. The van der Waals surface area contributed by atoms with Gasteiger partial charge in [0.25, 0.3) is 5.91 Å². The van der Waals surface area contributed by atoms with Gasteiger partial charge in [-0.15, -0.1) is 0 Å². The third kappa shape index (κ3) is 5.90. The van der Waals surface area contributed by atoms with E-state index in [0.29, 0.717) is 18.7 Å². The predicted molar refractivity (Wildman–Crippen MR) is 89.5 cm³/mol. The Labute approximate surface area is 137 Å². The molecule has 0 bridgehead atoms. The van der Waals surface area contributed by atoms with Crippen molar-refractivity contribution in [3.63, 3.8) is 0 Å². The zero-order valence-corrected chi connectivity index (χ0v) is 13.6. The number of benzene rings is 1. The van der Waals surface area contributed by atoms with Crippen molar-refractivity contribution in [1.29, 1.82) is 0 Å². The Morgan fingerprint density at radius 1 is 1.22 bits per heavy atom. The molecular formula is C17H25N3O3. The Kier molecular flexibility index (Phi) is 6.87. The molecule has 0 aromatic heterocycles. The average Bonchev–Trinajstić information content (AvgIpc) is 3.10. The molecule has 6 heteroatoms. The Hall–Kier alpha value is -2.08. The first-order chi connectivity index (χ1) is 11.2. The van der Waals surface area contributed by atoms with Gasteiger partial charge in [0.05, 0.1) is 12.6 Å². The number of hydrogen-bond donors (Lipinski definition) is 3. The second kappa shape index (κ2) is 9.15. The zero-order valence-electron chi connectivity index (χ0n) is 13.6. The van der Waals surface area contributed by atoms with Crippen LogP contribution in [0.4, 0.5) is 5.69 Å². The molecule has 0 spiro atoms. The number of carbonyl (C=O) groups excluding carboxylic acids is 2. The van der Waals surface area contributed by atoms with Crippen LogP contribution in [0.2, 0.25) is 0 Å². The fourth-order valence-electron chi connectivity index (χ4n) is 2.36. The molecule has 3 N–H and O–H groups in total. The van der Waals surface area contributed by atoms with Crippen LogP contribution >= 0.6 is 0 Å². The lowest BCUT2D eigenvalue weighted by Crippen LogP contribution is -2.31. The van der Waals surface area contributed by atoms with Gasteiger partial charge in [-0.2, -0.15) is 0 Å². The summed E-state index contributed by atoms with van der Waals surface area (Å²) in [6.07, 6.45) is 3.12. The molecule has 1 fully saturated rings. The highest BCUT2D eigenvalue weighted by Crippen LogP contribution is 2.12. The van der Waals surface area contributed by atoms with E-state index in [2.05, 4.69) is 16.0 Å². The fourth-order valence-corrected chi connectivity index (χ4v) is 2.36. The second-order valence-corrected chi connectivity index (χ2v) is 5.63. The van der Waals surface area contributed by atoms with Crippen molar-refractivity contribution >= 4 is 17.5 Å². The van der Waals surface area contributed by atoms with E-state index in [1.165, 1.54) is 0 Å². The lowest BCUT2D eigenvalue weighted by molar-refractivity contribution is -0.119. The fraction of sp³-hybridized carbons (Fsp3) is 0.529. The summed E-state index contributed by atoms with van der Waals surface area (Å²) < 4.78 is 5.48. The Balaban J connectivity index is 1.74. The molecule has 0 radical (unpaired) electrons. The molecule has 23 heavy (non-hydrogen) atoms. The van der Waals surface area contributed by atoms with Crippen molar-refractivity contribution in [2.75, 3.05) is 31.6 Å². The summed E-state index contributed by atoms with van der Waals surface area (Å²) in [5, 5.41) is 8.72. The van der Waals surface area contributed by atoms with E-state index in [4.69, 9.17) is 4.74 Å². The molecule has 1 atom stereocenters. The number of rotatable bonds is 8. The van der Waals surface area contributed by atoms with Gasteiger partial charge in [0.1, 0.15) is 0 Å². The summed E-state index contributed by atoms with van der Waals surface area (Å²) >= 11 is 0. The summed E-state index contributed by atoms with van der Waals surface area (Å²) in [6, 6.07) is 7.09. The van der Waals surface area contributed by atoms with Crippen LogP contribution in [-0.4, -0.2) is 44.2 Å². The first-order valence-electron chi connectivity index (χ1n) is 8.19. The number of nitrogens with one attached hydrogen (secondary N) is 3. The first-order valence-corrected chi connectivity index (χ1v) is 8.19. The van der Waals surface area contributed by atoms with E-state index >= 15 is 0 Å². The van der Waals surface area contributed by atoms with Crippen LogP contribution < -0.4 is 16.0 Å². The molecule has 126 valence electrons. The maximum atomic E-state index is 12.0. The molecule has 1 aromatic carbocycles. The van der Waals surface area contributed by atoms with Gasteiger partial charge >= 0.3 is 0 Å². The lowest BCUT2D eigenvalue weighted by Gasteiger charge is -2.11. The van der Waals surface area contributed by atoms with E-state index in [0.717, 1.165) is 31.6 Å². The van der Waals surface area contributed by atoms with Gasteiger partial charge in [-0.3, -0.25) is 9.59 Å². The van der Waals surface area contributed by atoms with Crippen LogP contribution in [0.25, 0.3) is 0 Å². The summed E-state index contributed by atoms with van der Waals surface area (Å²) in [5.41, 5.74) is 1.41. The van der Waals surface area contributed by atoms with Gasteiger partial charge in [-0.05, 0) is 43.5 Å². The number of anilines is 1. The number of ether oxygens (including phenoxy) is 1. The standard InChI is InChI=1S/C17H25N3O3/c1-2-9-18-16(21)12-19-14-7-5-13(6-8-14)17(22)20-11-15-4-3-10-23-15/h5-8,15,19H,2-4,9-12H2,1H3,(H,18,21)(H,20,22). The molecule has 1 saturated heterocycles. The first kappa shape index (κ1) is 17.3. The molecule has 0 aliphatic carbocycles. The van der Waals surface area contributed by atoms with Gasteiger partial charge in [-0.1, -0.05) is 6.92 Å². The summed E-state index contributed by atoms with van der Waals surface area (Å²) in [5.74, 6) is -0.141. The third-order valence-electron chi connectivity index (χ3n) is 3.69. The van der Waals surface area contributed by atoms with Crippen LogP contribution in [0.1, 0.15) is 36.5 Å². The largest absolute Gasteiger partial charge is 0.376 e. The smallest absolute Gasteiger partial charge is 0.251 e. The molecule has 1 unspecified atom stereocenters. The van der Waals surface area contributed by atoms with E-state index < -0.39 is 0 Å². The van der Waals surface area contributed by atoms with E-state index in [1.54, 1.807) is 24.3 Å². The minimum absolute atomic E-state index is 0.0368. The zero-order chi connectivity index (χ0) is 16.5. The summed E-state index contributed by atoms with van der Waals surface area (Å²) in [4.78, 5) is 23.6. The van der Waals surface area contributed by atoms with Crippen LogP contribution in [0, 0.1) is 0 Å². The molecule has 6 nitrogen and oxygen atoms in total. The van der Waals surface area contributed by atoms with Crippen molar-refractivity contribution in [2.45, 2.75) is 32.3 Å². The minimum Gasteiger partial charge on any atom is -0.376 e. The molecule has 1 aliphatic rings. The minimum atomic E-state index is -0.104. The van der Waals surface area contributed by atoms with Gasteiger partial charge in [0.15, 0.2) is 0 Å². The van der Waals surface area contributed by atoms with Crippen LogP contribution in [0.15, 0.2) is 24.3 Å². The van der Waals surface area contributed by atoms with E-state index in [-0.39, 0.29) is 24.5 Å². The highest BCUT2D eigenvalue weighted by Gasteiger charge is 2.16. The highest BCUT2D eigenvalue weighted by molar-refractivity contribution is 5.94. The monoisotopic (exact) mass is 319 g/mol. The van der Waals surface area contributed by atoms with Crippen molar-refractivity contribution in [3.05, 3.63) is 29.8 Å². The molecule has 2 rings (SSSR count). The van der Waals surface area contributed by atoms with Crippen molar-refractivity contribution in [1.82, 2.24) is 10.6 Å². The predicted octanol–water partition coefficient (Wildman–Crippen LogP) is 1.53. The maximum Gasteiger partial charge on any atom is 0.251 e. The highest BCUT2D eigenvalue weighted by atomic mass is 16.5. The van der Waals surface area contributed by atoms with Gasteiger partial charge in [-0.25, -0.2) is 0 Å². The third-order valence-corrected chi connectivity index (χ3v) is 3.69. The Morgan fingerprint density at radius 3 is 2.65 bits per heavy atom. The van der Waals surface area contributed by atoms with Crippen LogP contribution in [0.3, 0.4) is 0 Å². The van der Waals surface area contributed by atoms with E-state index in [9.17, 15) is 9.59 Å². The average molecular weight is 319 g/mol. The summed E-state index contributed by atoms with van der Waals surface area (Å²) in [6.45, 7) is 4.26. The topological polar surface area (TPSA) is 79.5 Å². The second-order valence-electron chi connectivity index (χ2n) is 5.63. The lowest BCUT2D eigenvalue weighted by atomic mass is 10.2. The molecule has 2 amide bonds. The van der Waals surface area contributed by atoms with Crippen LogP contribution in [-0.2, 0) is 9.53 Å². The van der Waals surface area contributed by atoms with Gasteiger partial charge in [0, 0.05) is 30.9 Å². The summed E-state index contributed by atoms with van der Waals surface area (Å²) in [7, 11) is 0. The van der Waals surface area contributed by atoms with E-state index in [1.807, 2.05) is 6.92 Å². The van der Waals surface area contributed by atoms with Gasteiger partial charge < -0.3 is 20.7 Å². The SMILES string of the molecule is CCCNC(=O)CNc1ccc(C(=O)NCC2CCCO2)cc1. The normalized spacial score (nSPS) is 16.8. The molecule has 1 aliphatic heterocycles. The van der Waals surface area contributed by atoms with Crippen molar-refractivity contribution in [3.8, 4) is 0 Å². The maximum absolute atomic E-state index is 12.0. The van der Waals surface area contributed by atoms with Crippen molar-refractivity contribution in [2.24, 2.45) is 0 Å². The quantitative estimate of drug-likeness (QED) is 0.679. The number of amides is 2. The molecular weight excluding hydrogens is 294 g/mol. The molecule has 1 heterocycles. The van der Waals surface area contributed by atoms with Crippen LogP contribution in [0.5, 0.6) is 0 Å². The van der Waals surface area contributed by atoms with Crippen molar-refractivity contribution < 1.29 is 14.3 Å². The number of hydrogen-bond acceptors (Lipinski definition) is 4. The Morgan fingerprint density at radius 2 is 2.00 bits per heavy atom. The molecule has 1 aromatic rings. The Bertz CT molecular complexity index is 510. The number of carbonyl (C=O) groups is 2.